The first-order valence-corrected chi connectivity index (χ1v) is 0. The Morgan fingerprint density at radius 2 is 1.00 bits per heavy atom. The van der Waals surface area contributed by atoms with E-state index in [0.29, 0.717) is 0 Å². The molecular formula is H9AlCuSiSn. The van der Waals surface area contributed by atoms with Crippen LogP contribution >= 0.6 is 0 Å². The van der Waals surface area contributed by atoms with Crippen LogP contribution in [0.3, 0.4) is 0 Å². The fourth-order valence-corrected chi connectivity index (χ4v) is 0. The first-order chi connectivity index (χ1) is 0. The molecule has 0 aliphatic rings. The van der Waals surface area contributed by atoms with Crippen molar-refractivity contribution in [3.63, 3.8) is 0 Å². The Morgan fingerprint density at radius 3 is 1.00 bits per heavy atom. The molecule has 3 radical (unpaired) electrons. The molecule has 0 aromatic heterocycles. The SMILES string of the molecule is [AlH3].[Cu].[SiH4].[SnH2]. The van der Waals surface area contributed by atoms with Crippen molar-refractivity contribution < 1.29 is 17.1 Å². The summed E-state index contributed by atoms with van der Waals surface area (Å²) >= 11 is 0. The average molecular weight is 246 g/mol. The van der Waals surface area contributed by atoms with Gasteiger partial charge in [0.05, 0.1) is 0 Å². The molecule has 4 heteroatoms. The van der Waals surface area contributed by atoms with Crippen LogP contribution in [0, 0.1) is 0 Å². The van der Waals surface area contributed by atoms with Crippen LogP contribution in [0.2, 0.25) is 0 Å². The quantitative estimate of drug-likeness (QED) is 0.388. The third-order valence-electron chi connectivity index (χ3n) is 0. The van der Waals surface area contributed by atoms with Gasteiger partial charge in [-0.25, -0.2) is 0 Å². The zero-order valence-corrected chi connectivity index (χ0v) is 5.99. The summed E-state index contributed by atoms with van der Waals surface area (Å²) in [6.07, 6.45) is 0. The Labute approximate surface area is 68.7 Å². The van der Waals surface area contributed by atoms with Crippen LogP contribution in [0.25, 0.3) is 0 Å². The van der Waals surface area contributed by atoms with Gasteiger partial charge in [0.15, 0.2) is 17.4 Å². The molecule has 0 aliphatic heterocycles. The van der Waals surface area contributed by atoms with Crippen LogP contribution in [0.4, 0.5) is 0 Å². The van der Waals surface area contributed by atoms with Gasteiger partial charge in [-0.15, -0.1) is 0 Å². The molecule has 0 aliphatic carbocycles. The topological polar surface area (TPSA) is 0 Å². The number of hydrogen-bond donors (Lipinski definition) is 0. The molecular weight excluding hydrogens is 237 g/mol. The van der Waals surface area contributed by atoms with Crippen LogP contribution in [0.1, 0.15) is 0 Å². The molecule has 0 nitrogen and oxygen atoms in total. The molecule has 0 aromatic carbocycles. The fourth-order valence-electron chi connectivity index (χ4n) is 0. The van der Waals surface area contributed by atoms with E-state index in [-0.39, 0.29) is 69.3 Å². The fraction of sp³-hybridized carbons (Fsp3) is 0. The second-order valence-corrected chi connectivity index (χ2v) is 0. The van der Waals surface area contributed by atoms with Gasteiger partial charge in [-0.05, 0) is 11.0 Å². The van der Waals surface area contributed by atoms with Gasteiger partial charge in [0, 0.05) is 17.1 Å². The maximum atomic E-state index is 0. The number of rotatable bonds is 0. The molecule has 0 aromatic rings. The summed E-state index contributed by atoms with van der Waals surface area (Å²) in [7, 11) is 0. The zero-order valence-electron chi connectivity index (χ0n) is 1.01. The molecule has 0 saturated heterocycles. The van der Waals surface area contributed by atoms with E-state index >= 15 is 0 Å². The first-order valence-electron chi connectivity index (χ1n) is 0. The monoisotopic (exact) mass is 247 g/mol. The van der Waals surface area contributed by atoms with E-state index < -0.39 is 0 Å². The summed E-state index contributed by atoms with van der Waals surface area (Å²) < 4.78 is 0. The molecule has 0 saturated carbocycles. The van der Waals surface area contributed by atoms with Crippen molar-refractivity contribution >= 4 is 52.2 Å². The van der Waals surface area contributed by atoms with Gasteiger partial charge < -0.3 is 0 Å². The average Bonchev–Trinajstić information content (AvgIpc) is 0. The molecule has 0 fully saturated rings. The molecule has 0 atom stereocenters. The molecule has 0 unspecified atom stereocenters. The van der Waals surface area contributed by atoms with Crippen molar-refractivity contribution in [2.45, 2.75) is 0 Å². The number of hydrogen-bond acceptors (Lipinski definition) is 0. The van der Waals surface area contributed by atoms with Crippen LogP contribution < -0.4 is 0 Å². The Bertz CT molecular complexity index is 8.00. The van der Waals surface area contributed by atoms with E-state index in [1.807, 2.05) is 0 Å². The normalized spacial score (nSPS) is 0. The Hall–Kier alpha value is 2.07. The molecule has 31 valence electrons. The van der Waals surface area contributed by atoms with Gasteiger partial charge >= 0.3 is 23.9 Å². The van der Waals surface area contributed by atoms with E-state index in [0.717, 1.165) is 0 Å². The van der Waals surface area contributed by atoms with Crippen molar-refractivity contribution in [1.29, 1.82) is 0 Å². The molecule has 0 bridgehead atoms. The van der Waals surface area contributed by atoms with Crippen molar-refractivity contribution in [2.75, 3.05) is 0 Å². The summed E-state index contributed by atoms with van der Waals surface area (Å²) in [5, 5.41) is 0. The van der Waals surface area contributed by atoms with Crippen LogP contribution in [-0.2, 0) is 17.1 Å². The van der Waals surface area contributed by atoms with E-state index in [9.17, 15) is 0 Å². The molecule has 0 spiro atoms. The van der Waals surface area contributed by atoms with Gasteiger partial charge in [-0.1, -0.05) is 0 Å². The van der Waals surface area contributed by atoms with E-state index in [1.54, 1.807) is 0 Å². The minimum atomic E-state index is 0. The van der Waals surface area contributed by atoms with Crippen molar-refractivity contribution in [1.82, 2.24) is 0 Å². The summed E-state index contributed by atoms with van der Waals surface area (Å²) in [6.45, 7) is 0. The predicted octanol–water partition coefficient (Wildman–Crippen LogP) is -3.55. The molecule has 0 rings (SSSR count). The molecule has 4 heavy (non-hydrogen) atoms. The van der Waals surface area contributed by atoms with Crippen molar-refractivity contribution in [3.8, 4) is 0 Å². The van der Waals surface area contributed by atoms with Crippen LogP contribution in [0.5, 0.6) is 0 Å². The van der Waals surface area contributed by atoms with Gasteiger partial charge in [0.25, 0.3) is 0 Å². The van der Waals surface area contributed by atoms with E-state index in [4.69, 9.17) is 0 Å². The predicted molar refractivity (Wildman–Crippen MR) is 29.8 cm³/mol. The summed E-state index contributed by atoms with van der Waals surface area (Å²) in [5.74, 6) is 0. The minimum absolute atomic E-state index is 0. The van der Waals surface area contributed by atoms with Gasteiger partial charge in [-0.3, -0.25) is 0 Å². The van der Waals surface area contributed by atoms with Gasteiger partial charge in [0.1, 0.15) is 0 Å². The van der Waals surface area contributed by atoms with Crippen LogP contribution in [-0.4, -0.2) is 52.2 Å². The zero-order chi connectivity index (χ0) is 0. The van der Waals surface area contributed by atoms with Gasteiger partial charge in [0.2, 0.25) is 0 Å². The Kier molecular flexibility index (Phi) is 179. The Balaban J connectivity index is 0. The second kappa shape index (κ2) is 19.6. The van der Waals surface area contributed by atoms with Crippen molar-refractivity contribution in [2.24, 2.45) is 0 Å². The Morgan fingerprint density at radius 1 is 1.00 bits per heavy atom. The summed E-state index contributed by atoms with van der Waals surface area (Å²) in [4.78, 5) is 0. The molecule has 0 heterocycles. The third-order valence-corrected chi connectivity index (χ3v) is 0. The summed E-state index contributed by atoms with van der Waals surface area (Å²) in [6, 6.07) is 0. The summed E-state index contributed by atoms with van der Waals surface area (Å²) in [5.41, 5.74) is 0. The third kappa shape index (κ3) is 8.95. The standard InChI is InChI=1S/Al.Cu.H4Si.Sn.5H/h;;1H4;;;;;;. The maximum absolute atomic E-state index is 0. The molecule has 0 N–H and O–H groups in total. The first kappa shape index (κ1) is 36.5. The molecule has 0 amide bonds. The van der Waals surface area contributed by atoms with E-state index in [1.165, 1.54) is 0 Å². The van der Waals surface area contributed by atoms with Gasteiger partial charge in [-0.2, -0.15) is 0 Å². The van der Waals surface area contributed by atoms with Crippen molar-refractivity contribution in [3.05, 3.63) is 0 Å². The van der Waals surface area contributed by atoms with E-state index in [2.05, 4.69) is 0 Å². The van der Waals surface area contributed by atoms with Crippen LogP contribution in [0.15, 0.2) is 0 Å². The second-order valence-electron chi connectivity index (χ2n) is 0.